The lowest BCUT2D eigenvalue weighted by Crippen LogP contribution is -1.91. The zero-order valence-corrected chi connectivity index (χ0v) is 12.4. The minimum absolute atomic E-state index is 0.884. The molecule has 1 heteroatoms. The predicted octanol–water partition coefficient (Wildman–Crippen LogP) is 5.97. The second-order valence-corrected chi connectivity index (χ2v) is 5.32. The molecule has 3 aromatic carbocycles. The van der Waals surface area contributed by atoms with Gasteiger partial charge in [0.1, 0.15) is 11.5 Å². The van der Waals surface area contributed by atoms with Crippen LogP contribution in [0.4, 0.5) is 0 Å². The molecule has 0 atom stereocenters. The summed E-state index contributed by atoms with van der Waals surface area (Å²) in [7, 11) is 0. The fraction of sp³-hybridized carbons (Fsp3) is 0.200. The van der Waals surface area contributed by atoms with Crippen LogP contribution in [0, 0.1) is 0 Å². The van der Waals surface area contributed by atoms with Crippen LogP contribution in [0.15, 0.2) is 66.7 Å². The first-order valence-corrected chi connectivity index (χ1v) is 7.61. The number of para-hydroxylation sites is 1. The standard InChI is InChI=1S/C20H20O/c1-2-3-9-16-14-19(21-18-11-5-4-6-12-18)15-17-10-7-8-13-20(16)17/h4-8,10-15H,2-3,9H2,1H3. The van der Waals surface area contributed by atoms with E-state index in [-0.39, 0.29) is 0 Å². The first-order valence-electron chi connectivity index (χ1n) is 7.61. The molecular weight excluding hydrogens is 256 g/mol. The van der Waals surface area contributed by atoms with E-state index >= 15 is 0 Å². The molecule has 3 aromatic rings. The van der Waals surface area contributed by atoms with Gasteiger partial charge in [-0.15, -0.1) is 0 Å². The highest BCUT2D eigenvalue weighted by atomic mass is 16.5. The third-order valence-electron chi connectivity index (χ3n) is 3.70. The van der Waals surface area contributed by atoms with Crippen LogP contribution in [-0.2, 0) is 6.42 Å². The van der Waals surface area contributed by atoms with Gasteiger partial charge in [-0.3, -0.25) is 0 Å². The van der Waals surface area contributed by atoms with E-state index in [2.05, 4.69) is 43.3 Å². The molecule has 1 nitrogen and oxygen atoms in total. The smallest absolute Gasteiger partial charge is 0.128 e. The lowest BCUT2D eigenvalue weighted by molar-refractivity contribution is 0.482. The summed E-state index contributed by atoms with van der Waals surface area (Å²) in [5, 5.41) is 2.59. The van der Waals surface area contributed by atoms with Gasteiger partial charge in [0.2, 0.25) is 0 Å². The average Bonchev–Trinajstić information content (AvgIpc) is 2.53. The van der Waals surface area contributed by atoms with Crippen LogP contribution in [0.3, 0.4) is 0 Å². The average molecular weight is 276 g/mol. The van der Waals surface area contributed by atoms with Crippen LogP contribution in [-0.4, -0.2) is 0 Å². The molecule has 0 radical (unpaired) electrons. The molecule has 0 aliphatic carbocycles. The van der Waals surface area contributed by atoms with Crippen molar-refractivity contribution in [1.82, 2.24) is 0 Å². The maximum absolute atomic E-state index is 6.01. The zero-order chi connectivity index (χ0) is 14.5. The summed E-state index contributed by atoms with van der Waals surface area (Å²) in [6, 6.07) is 22.8. The van der Waals surface area contributed by atoms with Crippen molar-refractivity contribution >= 4 is 10.8 Å². The Morgan fingerprint density at radius 2 is 1.57 bits per heavy atom. The van der Waals surface area contributed by atoms with Gasteiger partial charge < -0.3 is 4.74 Å². The number of benzene rings is 3. The van der Waals surface area contributed by atoms with Gasteiger partial charge in [-0.05, 0) is 53.4 Å². The van der Waals surface area contributed by atoms with Gasteiger partial charge in [-0.1, -0.05) is 55.8 Å². The number of ether oxygens (including phenoxy) is 1. The Hall–Kier alpha value is -2.28. The molecule has 106 valence electrons. The number of rotatable bonds is 5. The summed E-state index contributed by atoms with van der Waals surface area (Å²) in [6.07, 6.45) is 3.51. The summed E-state index contributed by atoms with van der Waals surface area (Å²) in [6.45, 7) is 2.23. The van der Waals surface area contributed by atoms with E-state index in [0.29, 0.717) is 0 Å². The van der Waals surface area contributed by atoms with Gasteiger partial charge in [0.25, 0.3) is 0 Å². The highest BCUT2D eigenvalue weighted by Gasteiger charge is 2.05. The Morgan fingerprint density at radius 3 is 2.38 bits per heavy atom. The molecular formula is C20H20O. The summed E-state index contributed by atoms with van der Waals surface area (Å²) < 4.78 is 6.01. The predicted molar refractivity (Wildman–Crippen MR) is 89.1 cm³/mol. The second-order valence-electron chi connectivity index (χ2n) is 5.32. The van der Waals surface area contributed by atoms with Crippen molar-refractivity contribution in [2.75, 3.05) is 0 Å². The summed E-state index contributed by atoms with van der Waals surface area (Å²) in [4.78, 5) is 0. The topological polar surface area (TPSA) is 9.23 Å². The van der Waals surface area contributed by atoms with Crippen LogP contribution >= 0.6 is 0 Å². The third-order valence-corrected chi connectivity index (χ3v) is 3.70. The summed E-state index contributed by atoms with van der Waals surface area (Å²) in [5.41, 5.74) is 1.38. The maximum atomic E-state index is 6.01. The van der Waals surface area contributed by atoms with E-state index in [1.165, 1.54) is 29.2 Å². The Balaban J connectivity index is 1.99. The normalized spacial score (nSPS) is 10.7. The molecule has 0 bridgehead atoms. The van der Waals surface area contributed by atoms with Crippen molar-refractivity contribution in [2.24, 2.45) is 0 Å². The number of unbranched alkanes of at least 4 members (excludes halogenated alkanes) is 1. The first kappa shape index (κ1) is 13.7. The van der Waals surface area contributed by atoms with E-state index in [4.69, 9.17) is 4.74 Å². The van der Waals surface area contributed by atoms with E-state index in [0.717, 1.165) is 17.9 Å². The molecule has 0 amide bonds. The van der Waals surface area contributed by atoms with E-state index in [1.54, 1.807) is 0 Å². The molecule has 0 N–H and O–H groups in total. The van der Waals surface area contributed by atoms with Crippen molar-refractivity contribution in [3.63, 3.8) is 0 Å². The molecule has 0 spiro atoms. The highest BCUT2D eigenvalue weighted by molar-refractivity contribution is 5.87. The van der Waals surface area contributed by atoms with E-state index in [1.807, 2.05) is 30.3 Å². The van der Waals surface area contributed by atoms with Crippen LogP contribution in [0.25, 0.3) is 10.8 Å². The van der Waals surface area contributed by atoms with Gasteiger partial charge in [-0.2, -0.15) is 0 Å². The molecule has 0 fully saturated rings. The SMILES string of the molecule is CCCCc1cc(Oc2ccccc2)cc2ccccc12. The van der Waals surface area contributed by atoms with Crippen LogP contribution in [0.1, 0.15) is 25.3 Å². The fourth-order valence-electron chi connectivity index (χ4n) is 2.62. The third kappa shape index (κ3) is 3.25. The van der Waals surface area contributed by atoms with Crippen LogP contribution < -0.4 is 4.74 Å². The first-order chi connectivity index (χ1) is 10.4. The van der Waals surface area contributed by atoms with E-state index < -0.39 is 0 Å². The monoisotopic (exact) mass is 276 g/mol. The van der Waals surface area contributed by atoms with Gasteiger partial charge in [0.15, 0.2) is 0 Å². The van der Waals surface area contributed by atoms with Crippen molar-refractivity contribution in [3.8, 4) is 11.5 Å². The number of hydrogen-bond acceptors (Lipinski definition) is 1. The second kappa shape index (κ2) is 6.45. The maximum Gasteiger partial charge on any atom is 0.128 e. The molecule has 0 aliphatic heterocycles. The molecule has 3 rings (SSSR count). The molecule has 0 saturated carbocycles. The van der Waals surface area contributed by atoms with Crippen molar-refractivity contribution < 1.29 is 4.74 Å². The Bertz CT molecular complexity index is 716. The minimum Gasteiger partial charge on any atom is -0.457 e. The van der Waals surface area contributed by atoms with Crippen molar-refractivity contribution in [2.45, 2.75) is 26.2 Å². The van der Waals surface area contributed by atoms with Gasteiger partial charge in [-0.25, -0.2) is 0 Å². The molecule has 0 saturated heterocycles. The quantitative estimate of drug-likeness (QED) is 0.557. The largest absolute Gasteiger partial charge is 0.457 e. The lowest BCUT2D eigenvalue weighted by atomic mass is 10.00. The van der Waals surface area contributed by atoms with Crippen molar-refractivity contribution in [3.05, 3.63) is 72.3 Å². The summed E-state index contributed by atoms with van der Waals surface area (Å²) >= 11 is 0. The molecule has 0 aromatic heterocycles. The lowest BCUT2D eigenvalue weighted by Gasteiger charge is -2.11. The van der Waals surface area contributed by atoms with Gasteiger partial charge >= 0.3 is 0 Å². The van der Waals surface area contributed by atoms with Gasteiger partial charge in [0, 0.05) is 0 Å². The number of hydrogen-bond donors (Lipinski definition) is 0. The number of aryl methyl sites for hydroxylation is 1. The van der Waals surface area contributed by atoms with Crippen LogP contribution in [0.2, 0.25) is 0 Å². The number of fused-ring (bicyclic) bond motifs is 1. The Kier molecular flexibility index (Phi) is 4.20. The van der Waals surface area contributed by atoms with Crippen LogP contribution in [0.5, 0.6) is 11.5 Å². The molecule has 0 unspecified atom stereocenters. The Morgan fingerprint density at radius 1 is 0.810 bits per heavy atom. The minimum atomic E-state index is 0.884. The molecule has 21 heavy (non-hydrogen) atoms. The fourth-order valence-corrected chi connectivity index (χ4v) is 2.62. The Labute approximate surface area is 126 Å². The molecule has 0 heterocycles. The zero-order valence-electron chi connectivity index (χ0n) is 12.4. The summed E-state index contributed by atoms with van der Waals surface area (Å²) in [5.74, 6) is 1.81. The van der Waals surface area contributed by atoms with Gasteiger partial charge in [0.05, 0.1) is 0 Å². The van der Waals surface area contributed by atoms with E-state index in [9.17, 15) is 0 Å². The highest BCUT2D eigenvalue weighted by Crippen LogP contribution is 2.29. The molecule has 0 aliphatic rings. The van der Waals surface area contributed by atoms with Crippen molar-refractivity contribution in [1.29, 1.82) is 0 Å².